The van der Waals surface area contributed by atoms with E-state index in [1.807, 2.05) is 0 Å². The van der Waals surface area contributed by atoms with Crippen molar-refractivity contribution in [3.8, 4) is 5.75 Å². The van der Waals surface area contributed by atoms with Crippen LogP contribution in [0.1, 0.15) is 10.4 Å². The average molecular weight is 292 g/mol. The van der Waals surface area contributed by atoms with Crippen molar-refractivity contribution in [2.45, 2.75) is 0 Å². The largest absolute Gasteiger partial charge is 0.495 e. The second kappa shape index (κ2) is 6.27. The van der Waals surface area contributed by atoms with Gasteiger partial charge in [-0.3, -0.25) is 10.6 Å². The van der Waals surface area contributed by atoms with Crippen molar-refractivity contribution in [1.82, 2.24) is 0 Å². The summed E-state index contributed by atoms with van der Waals surface area (Å²) in [7, 11) is 1.53. The number of hydrogen-bond acceptors (Lipinski definition) is 4. The summed E-state index contributed by atoms with van der Waals surface area (Å²) >= 11 is 6.01. The molecule has 0 heterocycles. The molecule has 0 aromatic heterocycles. The molecular formula is C14H14ClN3O2. The van der Waals surface area contributed by atoms with Gasteiger partial charge in [0.25, 0.3) is 5.91 Å². The van der Waals surface area contributed by atoms with Crippen LogP contribution in [0.2, 0.25) is 5.02 Å². The first kappa shape index (κ1) is 14.2. The summed E-state index contributed by atoms with van der Waals surface area (Å²) in [6, 6.07) is 12.0. The SMILES string of the molecule is COc1ccc(NC(=O)c2ccccc2NN)cc1Cl. The quantitative estimate of drug-likeness (QED) is 0.598. The molecule has 0 bridgehead atoms. The number of amides is 1. The summed E-state index contributed by atoms with van der Waals surface area (Å²) in [5.41, 5.74) is 4.05. The highest BCUT2D eigenvalue weighted by molar-refractivity contribution is 6.32. The number of carbonyl (C=O) groups is 1. The predicted octanol–water partition coefficient (Wildman–Crippen LogP) is 2.89. The number of nitrogen functional groups attached to an aromatic ring is 1. The molecule has 0 fully saturated rings. The van der Waals surface area contributed by atoms with E-state index in [0.717, 1.165) is 0 Å². The fourth-order valence-corrected chi connectivity index (χ4v) is 2.01. The molecule has 1 amide bonds. The van der Waals surface area contributed by atoms with Gasteiger partial charge in [-0.25, -0.2) is 0 Å². The molecule has 104 valence electrons. The molecule has 0 radical (unpaired) electrons. The fourth-order valence-electron chi connectivity index (χ4n) is 1.75. The van der Waals surface area contributed by atoms with Crippen LogP contribution in [0.15, 0.2) is 42.5 Å². The van der Waals surface area contributed by atoms with Gasteiger partial charge in [-0.1, -0.05) is 23.7 Å². The number of halogens is 1. The van der Waals surface area contributed by atoms with Crippen molar-refractivity contribution >= 4 is 28.9 Å². The number of ether oxygens (including phenoxy) is 1. The van der Waals surface area contributed by atoms with E-state index in [1.54, 1.807) is 42.5 Å². The molecular weight excluding hydrogens is 278 g/mol. The van der Waals surface area contributed by atoms with Crippen molar-refractivity contribution in [2.75, 3.05) is 17.9 Å². The number of carbonyl (C=O) groups excluding carboxylic acids is 1. The van der Waals surface area contributed by atoms with Crippen LogP contribution in [-0.4, -0.2) is 13.0 Å². The predicted molar refractivity (Wildman–Crippen MR) is 80.2 cm³/mol. The molecule has 2 aromatic carbocycles. The van der Waals surface area contributed by atoms with E-state index < -0.39 is 0 Å². The molecule has 6 heteroatoms. The van der Waals surface area contributed by atoms with Gasteiger partial charge in [-0.2, -0.15) is 0 Å². The molecule has 4 N–H and O–H groups in total. The second-order valence-corrected chi connectivity index (χ2v) is 4.40. The van der Waals surface area contributed by atoms with Crippen LogP contribution in [0, 0.1) is 0 Å². The molecule has 5 nitrogen and oxygen atoms in total. The van der Waals surface area contributed by atoms with Crippen LogP contribution in [-0.2, 0) is 0 Å². The molecule has 2 rings (SSSR count). The van der Waals surface area contributed by atoms with Crippen molar-refractivity contribution in [3.63, 3.8) is 0 Å². The van der Waals surface area contributed by atoms with E-state index >= 15 is 0 Å². The maximum absolute atomic E-state index is 12.2. The summed E-state index contributed by atoms with van der Waals surface area (Å²) in [5.74, 6) is 5.65. The Morgan fingerprint density at radius 3 is 2.65 bits per heavy atom. The van der Waals surface area contributed by atoms with Gasteiger partial charge in [0.15, 0.2) is 0 Å². The van der Waals surface area contributed by atoms with Crippen molar-refractivity contribution in [1.29, 1.82) is 0 Å². The van der Waals surface area contributed by atoms with Gasteiger partial charge >= 0.3 is 0 Å². The Morgan fingerprint density at radius 2 is 2.00 bits per heavy atom. The Labute approximate surface area is 121 Å². The number of nitrogens with two attached hydrogens (primary N) is 1. The maximum atomic E-state index is 12.2. The number of para-hydroxylation sites is 1. The van der Waals surface area contributed by atoms with Gasteiger partial charge in [0.05, 0.1) is 23.4 Å². The van der Waals surface area contributed by atoms with Crippen LogP contribution >= 0.6 is 11.6 Å². The number of hydrazine groups is 1. The number of benzene rings is 2. The Balaban J connectivity index is 2.21. The van der Waals surface area contributed by atoms with E-state index in [9.17, 15) is 4.79 Å². The van der Waals surface area contributed by atoms with Gasteiger partial charge in [0.1, 0.15) is 5.75 Å². The van der Waals surface area contributed by atoms with E-state index in [-0.39, 0.29) is 5.91 Å². The number of hydrogen-bond donors (Lipinski definition) is 3. The molecule has 0 aliphatic carbocycles. The highest BCUT2D eigenvalue weighted by atomic mass is 35.5. The lowest BCUT2D eigenvalue weighted by molar-refractivity contribution is 0.102. The highest BCUT2D eigenvalue weighted by Gasteiger charge is 2.11. The first-order chi connectivity index (χ1) is 9.65. The third-order valence-corrected chi connectivity index (χ3v) is 3.03. The summed E-state index contributed by atoms with van der Waals surface area (Å²) in [5, 5.41) is 3.18. The molecule has 0 saturated heterocycles. The number of anilines is 2. The summed E-state index contributed by atoms with van der Waals surface area (Å²) in [4.78, 5) is 12.2. The normalized spacial score (nSPS) is 9.95. The highest BCUT2D eigenvalue weighted by Crippen LogP contribution is 2.27. The third kappa shape index (κ3) is 3.01. The zero-order valence-electron chi connectivity index (χ0n) is 10.8. The molecule has 0 spiro atoms. The zero-order valence-corrected chi connectivity index (χ0v) is 11.6. The molecule has 20 heavy (non-hydrogen) atoms. The third-order valence-electron chi connectivity index (χ3n) is 2.74. The summed E-state index contributed by atoms with van der Waals surface area (Å²) in [6.07, 6.45) is 0. The smallest absolute Gasteiger partial charge is 0.257 e. The van der Waals surface area contributed by atoms with Crippen molar-refractivity contribution in [2.24, 2.45) is 5.84 Å². The lowest BCUT2D eigenvalue weighted by atomic mass is 10.1. The minimum absolute atomic E-state index is 0.278. The molecule has 0 saturated carbocycles. The van der Waals surface area contributed by atoms with Crippen LogP contribution in [0.3, 0.4) is 0 Å². The lowest BCUT2D eigenvalue weighted by Crippen LogP contribution is -2.17. The number of rotatable bonds is 4. The van der Waals surface area contributed by atoms with E-state index in [0.29, 0.717) is 27.7 Å². The number of nitrogens with one attached hydrogen (secondary N) is 2. The molecule has 0 aliphatic rings. The second-order valence-electron chi connectivity index (χ2n) is 3.99. The number of methoxy groups -OCH3 is 1. The van der Waals surface area contributed by atoms with Crippen molar-refractivity contribution < 1.29 is 9.53 Å². The summed E-state index contributed by atoms with van der Waals surface area (Å²) < 4.78 is 5.05. The first-order valence-electron chi connectivity index (χ1n) is 5.86. The van der Waals surface area contributed by atoms with Gasteiger partial charge in [0, 0.05) is 5.69 Å². The van der Waals surface area contributed by atoms with Crippen LogP contribution in [0.5, 0.6) is 5.75 Å². The minimum atomic E-state index is -0.278. The summed E-state index contributed by atoms with van der Waals surface area (Å²) in [6.45, 7) is 0. The Morgan fingerprint density at radius 1 is 1.25 bits per heavy atom. The Kier molecular flexibility index (Phi) is 4.45. The van der Waals surface area contributed by atoms with Crippen molar-refractivity contribution in [3.05, 3.63) is 53.1 Å². The average Bonchev–Trinajstić information content (AvgIpc) is 2.47. The van der Waals surface area contributed by atoms with Crippen LogP contribution in [0.4, 0.5) is 11.4 Å². The van der Waals surface area contributed by atoms with Gasteiger partial charge in [-0.05, 0) is 30.3 Å². The standard InChI is InChI=1S/C14H14ClN3O2/c1-20-13-7-6-9(8-11(13)15)17-14(19)10-4-2-3-5-12(10)18-16/h2-8,18H,16H2,1H3,(H,17,19). The monoisotopic (exact) mass is 291 g/mol. The molecule has 0 aliphatic heterocycles. The Hall–Kier alpha value is -2.24. The van der Waals surface area contributed by atoms with Gasteiger partial charge < -0.3 is 15.5 Å². The Bertz CT molecular complexity index is 632. The van der Waals surface area contributed by atoms with E-state index in [2.05, 4.69) is 10.7 Å². The molecule has 0 atom stereocenters. The van der Waals surface area contributed by atoms with Crippen LogP contribution in [0.25, 0.3) is 0 Å². The molecule has 0 unspecified atom stereocenters. The minimum Gasteiger partial charge on any atom is -0.495 e. The van der Waals surface area contributed by atoms with Gasteiger partial charge in [0.2, 0.25) is 0 Å². The first-order valence-corrected chi connectivity index (χ1v) is 6.24. The maximum Gasteiger partial charge on any atom is 0.257 e. The van der Waals surface area contributed by atoms with Crippen LogP contribution < -0.4 is 21.3 Å². The lowest BCUT2D eigenvalue weighted by Gasteiger charge is -2.10. The topological polar surface area (TPSA) is 76.4 Å². The molecule has 2 aromatic rings. The van der Waals surface area contributed by atoms with E-state index in [4.69, 9.17) is 22.2 Å². The zero-order chi connectivity index (χ0) is 14.5. The van der Waals surface area contributed by atoms with Gasteiger partial charge in [-0.15, -0.1) is 0 Å². The van der Waals surface area contributed by atoms with E-state index in [1.165, 1.54) is 7.11 Å². The fraction of sp³-hybridized carbons (Fsp3) is 0.0714.